The van der Waals surface area contributed by atoms with E-state index in [2.05, 4.69) is 0 Å². The van der Waals surface area contributed by atoms with E-state index in [9.17, 15) is 9.59 Å². The summed E-state index contributed by atoms with van der Waals surface area (Å²) in [5.74, 6) is -0.454. The van der Waals surface area contributed by atoms with Crippen LogP contribution in [-0.2, 0) is 16.0 Å². The maximum atomic E-state index is 12.1. The molecule has 5 heteroatoms. The molecule has 0 aliphatic rings. The van der Waals surface area contributed by atoms with E-state index in [-0.39, 0.29) is 12.3 Å². The van der Waals surface area contributed by atoms with E-state index in [1.165, 1.54) is 0 Å². The maximum Gasteiger partial charge on any atom is 0.307 e. The molecule has 0 aromatic heterocycles. The lowest BCUT2D eigenvalue weighted by atomic mass is 10.1. The Hall–Kier alpha value is -2.04. The number of carboxylic acids is 1. The standard InChI is InChI=1S/C15H21NO4/c1-4-16(5-2)15(19)11(3)20-13-8-6-7-12(9-13)10-14(17)18/h6-9,11H,4-5,10H2,1-3H3,(H,17,18). The zero-order valence-corrected chi connectivity index (χ0v) is 12.1. The molecule has 1 N–H and O–H groups in total. The Morgan fingerprint density at radius 1 is 1.30 bits per heavy atom. The second-order valence-corrected chi connectivity index (χ2v) is 4.49. The number of aliphatic carboxylic acids is 1. The summed E-state index contributed by atoms with van der Waals surface area (Å²) in [7, 11) is 0. The summed E-state index contributed by atoms with van der Waals surface area (Å²) in [6.45, 7) is 6.82. The normalized spacial score (nSPS) is 11.8. The van der Waals surface area contributed by atoms with E-state index in [0.29, 0.717) is 24.4 Å². The Bertz CT molecular complexity index is 469. The van der Waals surface area contributed by atoms with Gasteiger partial charge in [0.2, 0.25) is 0 Å². The smallest absolute Gasteiger partial charge is 0.307 e. The van der Waals surface area contributed by atoms with E-state index >= 15 is 0 Å². The summed E-state index contributed by atoms with van der Waals surface area (Å²) in [6.07, 6.45) is -0.648. The topological polar surface area (TPSA) is 66.8 Å². The number of hydrogen-bond donors (Lipinski definition) is 1. The number of nitrogens with zero attached hydrogens (tertiary/aromatic N) is 1. The Morgan fingerprint density at radius 2 is 1.95 bits per heavy atom. The van der Waals surface area contributed by atoms with Crippen LogP contribution in [0.2, 0.25) is 0 Å². The van der Waals surface area contributed by atoms with E-state index < -0.39 is 12.1 Å². The Balaban J connectivity index is 2.72. The average Bonchev–Trinajstić information content (AvgIpc) is 2.39. The number of carbonyl (C=O) groups is 2. The van der Waals surface area contributed by atoms with Gasteiger partial charge in [-0.1, -0.05) is 12.1 Å². The van der Waals surface area contributed by atoms with Gasteiger partial charge in [-0.15, -0.1) is 0 Å². The third-order valence-electron chi connectivity index (χ3n) is 2.99. The van der Waals surface area contributed by atoms with Crippen molar-refractivity contribution >= 4 is 11.9 Å². The number of hydrogen-bond acceptors (Lipinski definition) is 3. The molecule has 20 heavy (non-hydrogen) atoms. The van der Waals surface area contributed by atoms with E-state index in [0.717, 1.165) is 0 Å². The molecule has 0 aliphatic carbocycles. The molecule has 0 bridgehead atoms. The molecule has 0 saturated carbocycles. The van der Waals surface area contributed by atoms with Gasteiger partial charge in [0.25, 0.3) is 5.91 Å². The fourth-order valence-electron chi connectivity index (χ4n) is 1.95. The van der Waals surface area contributed by atoms with Crippen molar-refractivity contribution < 1.29 is 19.4 Å². The molecule has 0 spiro atoms. The highest BCUT2D eigenvalue weighted by atomic mass is 16.5. The van der Waals surface area contributed by atoms with E-state index in [1.54, 1.807) is 36.1 Å². The summed E-state index contributed by atoms with van der Waals surface area (Å²) < 4.78 is 5.60. The van der Waals surface area contributed by atoms with Crippen LogP contribution in [0.15, 0.2) is 24.3 Å². The summed E-state index contributed by atoms with van der Waals surface area (Å²) in [5, 5.41) is 8.76. The number of carbonyl (C=O) groups excluding carboxylic acids is 1. The molecule has 0 aliphatic heterocycles. The van der Waals surface area contributed by atoms with Gasteiger partial charge in [-0.25, -0.2) is 0 Å². The van der Waals surface area contributed by atoms with Crippen LogP contribution in [0.4, 0.5) is 0 Å². The first-order valence-corrected chi connectivity index (χ1v) is 6.74. The number of ether oxygens (including phenoxy) is 1. The van der Waals surface area contributed by atoms with Crippen molar-refractivity contribution in [1.82, 2.24) is 4.90 Å². The second-order valence-electron chi connectivity index (χ2n) is 4.49. The van der Waals surface area contributed by atoms with Crippen LogP contribution in [0.3, 0.4) is 0 Å². The highest BCUT2D eigenvalue weighted by Crippen LogP contribution is 2.16. The predicted molar refractivity (Wildman–Crippen MR) is 75.8 cm³/mol. The van der Waals surface area contributed by atoms with E-state index in [4.69, 9.17) is 9.84 Å². The summed E-state index contributed by atoms with van der Waals surface area (Å²) in [4.78, 5) is 24.5. The van der Waals surface area contributed by atoms with Crippen molar-refractivity contribution in [2.24, 2.45) is 0 Å². The van der Waals surface area contributed by atoms with Crippen LogP contribution >= 0.6 is 0 Å². The van der Waals surface area contributed by atoms with Gasteiger partial charge < -0.3 is 14.7 Å². The maximum absolute atomic E-state index is 12.1. The largest absolute Gasteiger partial charge is 0.481 e. The SMILES string of the molecule is CCN(CC)C(=O)C(C)Oc1cccc(CC(=O)O)c1. The molecule has 1 aromatic carbocycles. The Labute approximate surface area is 119 Å². The molecule has 1 unspecified atom stereocenters. The third kappa shape index (κ3) is 4.57. The fourth-order valence-corrected chi connectivity index (χ4v) is 1.95. The van der Waals surface area contributed by atoms with Gasteiger partial charge in [0, 0.05) is 13.1 Å². The van der Waals surface area contributed by atoms with Crippen LogP contribution in [0.1, 0.15) is 26.3 Å². The number of likely N-dealkylation sites (N-methyl/N-ethyl adjacent to an activating group) is 1. The zero-order valence-electron chi connectivity index (χ0n) is 12.1. The number of rotatable bonds is 7. The van der Waals surface area contributed by atoms with Gasteiger partial charge in [-0.2, -0.15) is 0 Å². The van der Waals surface area contributed by atoms with Gasteiger partial charge in [-0.3, -0.25) is 9.59 Å². The predicted octanol–water partition coefficient (Wildman–Crippen LogP) is 1.95. The molecule has 0 saturated heterocycles. The number of carboxylic acid groups (broad SMARTS) is 1. The van der Waals surface area contributed by atoms with E-state index in [1.807, 2.05) is 13.8 Å². The molecule has 0 radical (unpaired) electrons. The van der Waals surface area contributed by atoms with Crippen molar-refractivity contribution in [2.45, 2.75) is 33.3 Å². The molecule has 1 rings (SSSR count). The molecule has 110 valence electrons. The first-order valence-electron chi connectivity index (χ1n) is 6.74. The van der Waals surface area contributed by atoms with Crippen molar-refractivity contribution in [2.75, 3.05) is 13.1 Å². The van der Waals surface area contributed by atoms with Crippen LogP contribution in [0, 0.1) is 0 Å². The van der Waals surface area contributed by atoms with Gasteiger partial charge in [-0.05, 0) is 38.5 Å². The van der Waals surface area contributed by atoms with Crippen LogP contribution in [-0.4, -0.2) is 41.1 Å². The minimum Gasteiger partial charge on any atom is -0.481 e. The molecule has 0 heterocycles. The molecule has 5 nitrogen and oxygen atoms in total. The van der Waals surface area contributed by atoms with Crippen LogP contribution in [0.25, 0.3) is 0 Å². The van der Waals surface area contributed by atoms with Crippen molar-refractivity contribution in [3.05, 3.63) is 29.8 Å². The molecule has 1 amide bonds. The van der Waals surface area contributed by atoms with Crippen LogP contribution < -0.4 is 4.74 Å². The summed E-state index contributed by atoms with van der Waals surface area (Å²) in [5.41, 5.74) is 0.650. The molecular formula is C15H21NO4. The average molecular weight is 279 g/mol. The monoisotopic (exact) mass is 279 g/mol. The van der Waals surface area contributed by atoms with Crippen molar-refractivity contribution in [3.63, 3.8) is 0 Å². The first-order chi connectivity index (χ1) is 9.47. The highest BCUT2D eigenvalue weighted by molar-refractivity contribution is 5.80. The van der Waals surface area contributed by atoms with Crippen LogP contribution in [0.5, 0.6) is 5.75 Å². The molecule has 1 aromatic rings. The van der Waals surface area contributed by atoms with Crippen molar-refractivity contribution in [3.8, 4) is 5.75 Å². The zero-order chi connectivity index (χ0) is 15.1. The lowest BCUT2D eigenvalue weighted by Gasteiger charge is -2.23. The number of benzene rings is 1. The third-order valence-corrected chi connectivity index (χ3v) is 2.99. The fraction of sp³-hybridized carbons (Fsp3) is 0.467. The molecule has 1 atom stereocenters. The van der Waals surface area contributed by atoms with Crippen molar-refractivity contribution in [1.29, 1.82) is 0 Å². The van der Waals surface area contributed by atoms with Gasteiger partial charge in [0.05, 0.1) is 6.42 Å². The lowest BCUT2D eigenvalue weighted by Crippen LogP contribution is -2.40. The minimum atomic E-state index is -0.894. The molecule has 0 fully saturated rings. The Kier molecular flexibility index (Phi) is 6.03. The second kappa shape index (κ2) is 7.53. The lowest BCUT2D eigenvalue weighted by molar-refractivity contribution is -0.138. The summed E-state index contributed by atoms with van der Waals surface area (Å²) >= 11 is 0. The first kappa shape index (κ1) is 16.0. The van der Waals surface area contributed by atoms with Gasteiger partial charge in [0.1, 0.15) is 5.75 Å². The van der Waals surface area contributed by atoms with Gasteiger partial charge >= 0.3 is 5.97 Å². The van der Waals surface area contributed by atoms with Gasteiger partial charge in [0.15, 0.2) is 6.10 Å². The highest BCUT2D eigenvalue weighted by Gasteiger charge is 2.19. The quantitative estimate of drug-likeness (QED) is 0.828. The Morgan fingerprint density at radius 3 is 2.50 bits per heavy atom. The number of amides is 1. The summed E-state index contributed by atoms with van der Waals surface area (Å²) in [6, 6.07) is 6.82. The minimum absolute atomic E-state index is 0.0599. The molecular weight excluding hydrogens is 258 g/mol.